The van der Waals surface area contributed by atoms with E-state index in [-0.39, 0.29) is 15.8 Å². The topological polar surface area (TPSA) is 0 Å². The van der Waals surface area contributed by atoms with Crippen molar-refractivity contribution >= 4 is 15.8 Å². The standard InChI is InChI=1S/C25H52P2/c1-19-14-15-20(17-26(22(2,3)4)23(5,6)7)21(16-19)18-27(24(8,9)10)25(11,12)13/h19-21H,14-18H2,1-13H3/t19?,20-,21+/m0/s1. The van der Waals surface area contributed by atoms with Gasteiger partial charge in [0, 0.05) is 0 Å². The second kappa shape index (κ2) is 8.93. The molecule has 1 aliphatic rings. The molecule has 0 amide bonds. The average Bonchev–Trinajstić information content (AvgIpc) is 2.38. The van der Waals surface area contributed by atoms with Gasteiger partial charge in [0.25, 0.3) is 0 Å². The normalized spacial score (nSPS) is 26.1. The van der Waals surface area contributed by atoms with Gasteiger partial charge < -0.3 is 0 Å². The summed E-state index contributed by atoms with van der Waals surface area (Å²) < 4.78 is 0. The number of hydrogen-bond acceptors (Lipinski definition) is 0. The van der Waals surface area contributed by atoms with E-state index in [1.165, 1.54) is 31.6 Å². The zero-order valence-corrected chi connectivity index (χ0v) is 23.0. The van der Waals surface area contributed by atoms with Crippen LogP contribution in [0.1, 0.15) is 109 Å². The first kappa shape index (κ1) is 25.9. The Balaban J connectivity index is 3.10. The van der Waals surface area contributed by atoms with Gasteiger partial charge in [0.2, 0.25) is 0 Å². The fourth-order valence-corrected chi connectivity index (χ4v) is 13.7. The quantitative estimate of drug-likeness (QED) is 0.402. The summed E-state index contributed by atoms with van der Waals surface area (Å²) in [5.74, 6) is 2.84. The molecule has 1 saturated carbocycles. The van der Waals surface area contributed by atoms with Crippen LogP contribution in [-0.4, -0.2) is 32.9 Å². The average molecular weight is 415 g/mol. The van der Waals surface area contributed by atoms with Crippen molar-refractivity contribution in [2.24, 2.45) is 17.8 Å². The Morgan fingerprint density at radius 1 is 0.556 bits per heavy atom. The van der Waals surface area contributed by atoms with Crippen LogP contribution in [0.2, 0.25) is 0 Å². The highest BCUT2D eigenvalue weighted by atomic mass is 31.1. The van der Waals surface area contributed by atoms with Crippen LogP contribution < -0.4 is 0 Å². The molecule has 1 aliphatic carbocycles. The molecule has 27 heavy (non-hydrogen) atoms. The third-order valence-corrected chi connectivity index (χ3v) is 14.6. The van der Waals surface area contributed by atoms with Gasteiger partial charge in [-0.25, -0.2) is 0 Å². The van der Waals surface area contributed by atoms with E-state index in [0.717, 1.165) is 17.8 Å². The molecule has 0 aromatic heterocycles. The van der Waals surface area contributed by atoms with Crippen LogP contribution in [-0.2, 0) is 0 Å². The monoisotopic (exact) mass is 414 g/mol. The van der Waals surface area contributed by atoms with Crippen molar-refractivity contribution in [1.82, 2.24) is 0 Å². The maximum absolute atomic E-state index is 2.51. The molecule has 3 atom stereocenters. The van der Waals surface area contributed by atoms with E-state index in [9.17, 15) is 0 Å². The molecule has 0 saturated heterocycles. The molecular weight excluding hydrogens is 362 g/mol. The van der Waals surface area contributed by atoms with Gasteiger partial charge >= 0.3 is 0 Å². The number of rotatable bonds is 4. The fraction of sp³-hybridized carbons (Fsp3) is 1.00. The first-order valence-electron chi connectivity index (χ1n) is 11.4. The molecule has 1 rings (SSSR count). The van der Waals surface area contributed by atoms with Gasteiger partial charge in [-0.15, -0.1) is 0 Å². The Hall–Kier alpha value is 0.860. The Morgan fingerprint density at radius 3 is 1.22 bits per heavy atom. The van der Waals surface area contributed by atoms with Crippen LogP contribution >= 0.6 is 15.8 Å². The van der Waals surface area contributed by atoms with Crippen molar-refractivity contribution in [1.29, 1.82) is 0 Å². The molecule has 0 spiro atoms. The summed E-state index contributed by atoms with van der Waals surface area (Å²) in [4.78, 5) is 0. The lowest BCUT2D eigenvalue weighted by atomic mass is 9.76. The second-order valence-corrected chi connectivity index (χ2v) is 21.2. The van der Waals surface area contributed by atoms with Crippen molar-refractivity contribution < 1.29 is 0 Å². The summed E-state index contributed by atoms with van der Waals surface area (Å²) in [6.07, 6.45) is 7.41. The summed E-state index contributed by atoms with van der Waals surface area (Å²) >= 11 is 0. The Labute approximate surface area is 175 Å². The maximum atomic E-state index is 2.51. The number of hydrogen-bond donors (Lipinski definition) is 0. The molecule has 1 unspecified atom stereocenters. The Bertz CT molecular complexity index is 425. The minimum Gasteiger partial charge on any atom is -0.0954 e. The van der Waals surface area contributed by atoms with Crippen LogP contribution in [0, 0.1) is 17.8 Å². The van der Waals surface area contributed by atoms with Crippen molar-refractivity contribution in [3.8, 4) is 0 Å². The van der Waals surface area contributed by atoms with Crippen LogP contribution in [0.4, 0.5) is 0 Å². The highest BCUT2D eigenvalue weighted by Crippen LogP contribution is 2.64. The molecule has 0 aromatic carbocycles. The molecular formula is C25H52P2. The van der Waals surface area contributed by atoms with Gasteiger partial charge in [-0.1, -0.05) is 112 Å². The SMILES string of the molecule is CC1CC[C@@H](CP(C(C)(C)C)C(C)(C)C)[C@@H](CP(C(C)(C)C)C(C)(C)C)C1. The molecule has 0 bridgehead atoms. The van der Waals surface area contributed by atoms with Gasteiger partial charge in [-0.3, -0.25) is 0 Å². The molecule has 162 valence electrons. The molecule has 0 heterocycles. The lowest BCUT2D eigenvalue weighted by Crippen LogP contribution is -2.36. The summed E-state index contributed by atoms with van der Waals surface area (Å²) in [5, 5.41) is 1.83. The van der Waals surface area contributed by atoms with Crippen molar-refractivity contribution in [2.45, 2.75) is 130 Å². The molecule has 2 heteroatoms. The lowest BCUT2D eigenvalue weighted by molar-refractivity contribution is 0.224. The van der Waals surface area contributed by atoms with Crippen molar-refractivity contribution in [3.05, 3.63) is 0 Å². The largest absolute Gasteiger partial charge is 0.0954 e. The first-order valence-corrected chi connectivity index (χ1v) is 14.4. The molecule has 0 aliphatic heterocycles. The minimum absolute atomic E-state index is 0.0147. The molecule has 0 aromatic rings. The van der Waals surface area contributed by atoms with E-state index in [2.05, 4.69) is 90.0 Å². The Morgan fingerprint density at radius 2 is 0.889 bits per heavy atom. The summed E-state index contributed by atoms with van der Waals surface area (Å²) in [6.45, 7) is 32.5. The van der Waals surface area contributed by atoms with Gasteiger partial charge in [0.1, 0.15) is 0 Å². The van der Waals surface area contributed by atoms with Crippen LogP contribution in [0.15, 0.2) is 0 Å². The summed E-state index contributed by atoms with van der Waals surface area (Å²) in [6, 6.07) is 0. The fourth-order valence-electron chi connectivity index (χ4n) is 5.60. The van der Waals surface area contributed by atoms with E-state index >= 15 is 0 Å². The highest BCUT2D eigenvalue weighted by Gasteiger charge is 2.42. The summed E-state index contributed by atoms with van der Waals surface area (Å²) in [5.41, 5.74) is 0. The second-order valence-electron chi connectivity index (χ2n) is 13.3. The first-order chi connectivity index (χ1) is 11.8. The van der Waals surface area contributed by atoms with Crippen LogP contribution in [0.5, 0.6) is 0 Å². The van der Waals surface area contributed by atoms with Gasteiger partial charge in [0.15, 0.2) is 0 Å². The third-order valence-electron chi connectivity index (χ3n) is 6.48. The van der Waals surface area contributed by atoms with E-state index in [1.54, 1.807) is 0 Å². The smallest absolute Gasteiger partial charge is 0.0175 e. The van der Waals surface area contributed by atoms with Gasteiger partial charge in [0.05, 0.1) is 0 Å². The third kappa shape index (κ3) is 7.89. The van der Waals surface area contributed by atoms with Gasteiger partial charge in [-0.05, 0) is 63.5 Å². The van der Waals surface area contributed by atoms with Crippen LogP contribution in [0.3, 0.4) is 0 Å². The molecule has 0 radical (unpaired) electrons. The summed E-state index contributed by atoms with van der Waals surface area (Å²) in [7, 11) is 0.0343. The maximum Gasteiger partial charge on any atom is -0.0175 e. The minimum atomic E-state index is 0.0147. The molecule has 1 fully saturated rings. The van der Waals surface area contributed by atoms with Crippen molar-refractivity contribution in [3.63, 3.8) is 0 Å². The van der Waals surface area contributed by atoms with E-state index in [1.807, 2.05) is 0 Å². The zero-order chi connectivity index (χ0) is 21.4. The Kier molecular flexibility index (Phi) is 8.56. The predicted molar refractivity (Wildman–Crippen MR) is 133 cm³/mol. The molecule has 0 nitrogen and oxygen atoms in total. The van der Waals surface area contributed by atoms with E-state index in [0.29, 0.717) is 20.6 Å². The zero-order valence-electron chi connectivity index (χ0n) is 21.2. The lowest BCUT2D eigenvalue weighted by Gasteiger charge is -2.49. The predicted octanol–water partition coefficient (Wildman–Crippen LogP) is 9.20. The highest BCUT2D eigenvalue weighted by molar-refractivity contribution is 7.61. The van der Waals surface area contributed by atoms with Crippen LogP contribution in [0.25, 0.3) is 0 Å². The van der Waals surface area contributed by atoms with Crippen molar-refractivity contribution in [2.75, 3.05) is 12.3 Å². The van der Waals surface area contributed by atoms with E-state index in [4.69, 9.17) is 0 Å². The van der Waals surface area contributed by atoms with Gasteiger partial charge in [-0.2, -0.15) is 0 Å². The van der Waals surface area contributed by atoms with E-state index < -0.39 is 0 Å². The molecule has 0 N–H and O–H groups in total.